The lowest BCUT2D eigenvalue weighted by atomic mass is 10.1. The fourth-order valence-corrected chi connectivity index (χ4v) is 1.27. The van der Waals surface area contributed by atoms with Gasteiger partial charge in [-0.05, 0) is 25.5 Å². The largest absolute Gasteiger partial charge is 0.343 e. The van der Waals surface area contributed by atoms with Gasteiger partial charge in [-0.25, -0.2) is 5.48 Å². The van der Waals surface area contributed by atoms with Crippen LogP contribution in [0.4, 0.5) is 0 Å². The van der Waals surface area contributed by atoms with E-state index in [4.69, 9.17) is 4.84 Å². The molecule has 0 aliphatic rings. The van der Waals surface area contributed by atoms with Crippen molar-refractivity contribution in [2.75, 3.05) is 13.2 Å². The Hall–Kier alpha value is -1.88. The Labute approximate surface area is 100 Å². The van der Waals surface area contributed by atoms with Crippen LogP contribution in [0.5, 0.6) is 0 Å². The van der Waals surface area contributed by atoms with Crippen LogP contribution < -0.4 is 10.8 Å². The average molecular weight is 236 g/mol. The van der Waals surface area contributed by atoms with Crippen molar-refractivity contribution in [2.45, 2.75) is 13.8 Å². The van der Waals surface area contributed by atoms with Gasteiger partial charge < -0.3 is 5.32 Å². The number of carbonyl (C=O) groups is 2. The number of hydrogen-bond acceptors (Lipinski definition) is 3. The molecule has 17 heavy (non-hydrogen) atoms. The molecule has 0 atom stereocenters. The van der Waals surface area contributed by atoms with E-state index in [9.17, 15) is 9.59 Å². The molecular weight excluding hydrogens is 220 g/mol. The summed E-state index contributed by atoms with van der Waals surface area (Å²) in [6.45, 7) is 3.88. The lowest BCUT2D eigenvalue weighted by Crippen LogP contribution is -2.37. The summed E-state index contributed by atoms with van der Waals surface area (Å²) in [6, 6.07) is 7.19. The van der Waals surface area contributed by atoms with Gasteiger partial charge in [-0.1, -0.05) is 18.2 Å². The third-order valence-electron chi connectivity index (χ3n) is 2.13. The van der Waals surface area contributed by atoms with E-state index in [2.05, 4.69) is 10.8 Å². The summed E-state index contributed by atoms with van der Waals surface area (Å²) >= 11 is 0. The summed E-state index contributed by atoms with van der Waals surface area (Å²) < 4.78 is 0. The second-order valence-corrected chi connectivity index (χ2v) is 3.46. The third-order valence-corrected chi connectivity index (χ3v) is 2.13. The van der Waals surface area contributed by atoms with Gasteiger partial charge >= 0.3 is 0 Å². The van der Waals surface area contributed by atoms with Crippen LogP contribution in [0.25, 0.3) is 0 Å². The summed E-state index contributed by atoms with van der Waals surface area (Å²) in [5, 5.41) is 2.52. The van der Waals surface area contributed by atoms with Gasteiger partial charge in [0.1, 0.15) is 0 Å². The van der Waals surface area contributed by atoms with Gasteiger partial charge in [0.05, 0.1) is 13.2 Å². The second kappa shape index (κ2) is 6.65. The standard InChI is InChI=1S/C12H16N2O3/c1-3-17-14-11(15)8-13-12(16)10-7-5-4-6-9(10)2/h4-7H,3,8H2,1-2H3,(H,13,16)(H,14,15). The molecule has 1 rings (SSSR count). The maximum Gasteiger partial charge on any atom is 0.262 e. The lowest BCUT2D eigenvalue weighted by Gasteiger charge is -2.07. The minimum Gasteiger partial charge on any atom is -0.343 e. The van der Waals surface area contributed by atoms with Crippen molar-refractivity contribution in [2.24, 2.45) is 0 Å². The van der Waals surface area contributed by atoms with Crippen LogP contribution in [-0.4, -0.2) is 25.0 Å². The van der Waals surface area contributed by atoms with Crippen molar-refractivity contribution in [3.05, 3.63) is 35.4 Å². The van der Waals surface area contributed by atoms with E-state index >= 15 is 0 Å². The molecule has 1 aromatic carbocycles. The van der Waals surface area contributed by atoms with Gasteiger partial charge in [-0.15, -0.1) is 0 Å². The fraction of sp³-hybridized carbons (Fsp3) is 0.333. The van der Waals surface area contributed by atoms with E-state index in [1.807, 2.05) is 19.1 Å². The molecule has 2 amide bonds. The third kappa shape index (κ3) is 4.24. The number of benzene rings is 1. The molecule has 0 saturated carbocycles. The quantitative estimate of drug-likeness (QED) is 0.743. The van der Waals surface area contributed by atoms with Crippen molar-refractivity contribution in [3.63, 3.8) is 0 Å². The normalized spacial score (nSPS) is 9.76. The first-order chi connectivity index (χ1) is 8.15. The molecule has 2 N–H and O–H groups in total. The maximum absolute atomic E-state index is 11.7. The van der Waals surface area contributed by atoms with Gasteiger partial charge in [-0.3, -0.25) is 14.4 Å². The number of amides is 2. The van der Waals surface area contributed by atoms with E-state index in [-0.39, 0.29) is 18.4 Å². The van der Waals surface area contributed by atoms with Crippen LogP contribution in [0.2, 0.25) is 0 Å². The number of aryl methyl sites for hydroxylation is 1. The number of carbonyl (C=O) groups excluding carboxylic acids is 2. The number of hydroxylamine groups is 1. The molecule has 0 saturated heterocycles. The molecule has 0 heterocycles. The molecule has 0 radical (unpaired) electrons. The van der Waals surface area contributed by atoms with Gasteiger partial charge in [0.25, 0.3) is 11.8 Å². The molecule has 0 fully saturated rings. The SMILES string of the molecule is CCONC(=O)CNC(=O)c1ccccc1C. The zero-order chi connectivity index (χ0) is 12.7. The van der Waals surface area contributed by atoms with Crippen molar-refractivity contribution in [1.29, 1.82) is 0 Å². The van der Waals surface area contributed by atoms with Crippen LogP contribution in [-0.2, 0) is 9.63 Å². The van der Waals surface area contributed by atoms with E-state index in [1.165, 1.54) is 0 Å². The fourth-order valence-electron chi connectivity index (χ4n) is 1.27. The highest BCUT2D eigenvalue weighted by atomic mass is 16.6. The molecule has 0 aromatic heterocycles. The van der Waals surface area contributed by atoms with E-state index in [0.29, 0.717) is 12.2 Å². The predicted octanol–water partition coefficient (Wildman–Crippen LogP) is 0.793. The van der Waals surface area contributed by atoms with Crippen LogP contribution in [0, 0.1) is 6.92 Å². The summed E-state index contributed by atoms with van der Waals surface area (Å²) in [5.74, 6) is -0.650. The molecule has 0 aliphatic carbocycles. The molecule has 0 bridgehead atoms. The van der Waals surface area contributed by atoms with Gasteiger partial charge in [0.15, 0.2) is 0 Å². The Morgan fingerprint density at radius 2 is 2.00 bits per heavy atom. The molecule has 1 aromatic rings. The molecular formula is C12H16N2O3. The Balaban J connectivity index is 2.45. The van der Waals surface area contributed by atoms with Crippen molar-refractivity contribution >= 4 is 11.8 Å². The van der Waals surface area contributed by atoms with Gasteiger partial charge in [0.2, 0.25) is 0 Å². The Morgan fingerprint density at radius 3 is 2.65 bits per heavy atom. The smallest absolute Gasteiger partial charge is 0.262 e. The first-order valence-electron chi connectivity index (χ1n) is 5.39. The first kappa shape index (κ1) is 13.2. The van der Waals surface area contributed by atoms with Crippen LogP contribution in [0.15, 0.2) is 24.3 Å². The Bertz CT molecular complexity index is 404. The molecule has 0 spiro atoms. The minimum atomic E-state index is -0.381. The monoisotopic (exact) mass is 236 g/mol. The van der Waals surface area contributed by atoms with E-state index < -0.39 is 0 Å². The van der Waals surface area contributed by atoms with E-state index in [0.717, 1.165) is 5.56 Å². The number of hydrogen-bond donors (Lipinski definition) is 2. The Morgan fingerprint density at radius 1 is 1.29 bits per heavy atom. The number of rotatable bonds is 5. The minimum absolute atomic E-state index is 0.104. The van der Waals surface area contributed by atoms with Crippen LogP contribution in [0.1, 0.15) is 22.8 Å². The second-order valence-electron chi connectivity index (χ2n) is 3.46. The highest BCUT2D eigenvalue weighted by Gasteiger charge is 2.09. The lowest BCUT2D eigenvalue weighted by molar-refractivity contribution is -0.132. The highest BCUT2D eigenvalue weighted by molar-refractivity contribution is 5.97. The average Bonchev–Trinajstić information content (AvgIpc) is 2.34. The molecule has 0 aliphatic heterocycles. The van der Waals surface area contributed by atoms with Crippen LogP contribution >= 0.6 is 0 Å². The van der Waals surface area contributed by atoms with Crippen molar-refractivity contribution in [3.8, 4) is 0 Å². The van der Waals surface area contributed by atoms with Gasteiger partial charge in [-0.2, -0.15) is 0 Å². The Kier molecular flexibility index (Phi) is 5.16. The molecule has 92 valence electrons. The summed E-state index contributed by atoms with van der Waals surface area (Å²) in [5.41, 5.74) is 3.64. The van der Waals surface area contributed by atoms with Crippen LogP contribution in [0.3, 0.4) is 0 Å². The molecule has 5 heteroatoms. The van der Waals surface area contributed by atoms with Crippen molar-refractivity contribution < 1.29 is 14.4 Å². The zero-order valence-electron chi connectivity index (χ0n) is 9.95. The number of nitrogens with one attached hydrogen (secondary N) is 2. The summed E-state index contributed by atoms with van der Waals surface area (Å²) in [4.78, 5) is 27.6. The first-order valence-corrected chi connectivity index (χ1v) is 5.39. The van der Waals surface area contributed by atoms with E-state index in [1.54, 1.807) is 19.1 Å². The summed E-state index contributed by atoms with van der Waals surface area (Å²) in [6.07, 6.45) is 0. The maximum atomic E-state index is 11.7. The van der Waals surface area contributed by atoms with Crippen molar-refractivity contribution in [1.82, 2.24) is 10.8 Å². The topological polar surface area (TPSA) is 67.4 Å². The highest BCUT2D eigenvalue weighted by Crippen LogP contribution is 2.05. The summed E-state index contributed by atoms with van der Waals surface area (Å²) in [7, 11) is 0. The van der Waals surface area contributed by atoms with Gasteiger partial charge in [0, 0.05) is 5.56 Å². The zero-order valence-corrected chi connectivity index (χ0v) is 9.95. The molecule has 5 nitrogen and oxygen atoms in total. The predicted molar refractivity (Wildman–Crippen MR) is 63.3 cm³/mol. The molecule has 0 unspecified atom stereocenters.